The van der Waals surface area contributed by atoms with Crippen LogP contribution in [0.4, 0.5) is 0 Å². The van der Waals surface area contributed by atoms with Crippen LogP contribution in [-0.2, 0) is 35.1 Å². The molecule has 2 atom stereocenters. The summed E-state index contributed by atoms with van der Waals surface area (Å²) in [5.41, 5.74) is 0.381. The number of carboxylic acids is 1. The molecule has 200 valence electrons. The van der Waals surface area contributed by atoms with Crippen molar-refractivity contribution in [1.29, 1.82) is 0 Å². The fourth-order valence-corrected chi connectivity index (χ4v) is 5.22. The van der Waals surface area contributed by atoms with Crippen molar-refractivity contribution in [3.8, 4) is 0 Å². The number of nitrogens with two attached hydrogens (primary N) is 1. The quantitative estimate of drug-likeness (QED) is 0.264. The number of hydrogen-bond acceptors (Lipinski definition) is 9. The molecule has 11 heteroatoms. The van der Waals surface area contributed by atoms with E-state index < -0.39 is 58.4 Å². The van der Waals surface area contributed by atoms with E-state index in [1.54, 1.807) is 41.5 Å². The van der Waals surface area contributed by atoms with Crippen molar-refractivity contribution in [2.45, 2.75) is 77.2 Å². The van der Waals surface area contributed by atoms with E-state index in [1.165, 1.54) is 6.20 Å². The van der Waals surface area contributed by atoms with Crippen molar-refractivity contribution in [2.24, 2.45) is 11.1 Å². The maximum absolute atomic E-state index is 13.9. The third-order valence-corrected chi connectivity index (χ3v) is 6.88. The molecule has 10 nitrogen and oxygen atoms in total. The molecule has 1 aromatic carbocycles. The Morgan fingerprint density at radius 1 is 1.08 bits per heavy atom. The van der Waals surface area contributed by atoms with E-state index in [0.717, 1.165) is 16.9 Å². The first-order valence-corrected chi connectivity index (χ1v) is 12.6. The van der Waals surface area contributed by atoms with Crippen LogP contribution in [-0.4, -0.2) is 50.6 Å². The summed E-state index contributed by atoms with van der Waals surface area (Å²) in [5.74, 6) is -4.67. The Morgan fingerprint density at radius 3 is 2.03 bits per heavy atom. The lowest BCUT2D eigenvalue weighted by molar-refractivity contribution is -0.205. The normalized spacial score (nSPS) is 18.8. The van der Waals surface area contributed by atoms with Crippen molar-refractivity contribution in [3.63, 3.8) is 0 Å². The summed E-state index contributed by atoms with van der Waals surface area (Å²) in [6.45, 7) is 9.46. The summed E-state index contributed by atoms with van der Waals surface area (Å²) in [5, 5.41) is 13.3. The smallest absolute Gasteiger partial charge is 0.331 e. The van der Waals surface area contributed by atoms with Crippen LogP contribution < -0.4 is 11.1 Å². The van der Waals surface area contributed by atoms with E-state index in [4.69, 9.17) is 15.2 Å². The van der Waals surface area contributed by atoms with Crippen molar-refractivity contribution in [2.75, 3.05) is 0 Å². The fraction of sp³-hybridized carbons (Fsp3) is 0.500. The van der Waals surface area contributed by atoms with Gasteiger partial charge in [-0.25, -0.2) is 9.78 Å². The standard InChI is InChI=1S/C26H33N3O7S/c1-23(2,3)35-21(33)26(22(34)36-24(4,5)6,25(20(31)32)13-17(30)29-25)19(27)16-14-28-18(37-16)12-15-10-8-7-9-11-15/h7-11,14,19H,12-13,27H2,1-6H3,(H,29,30)(H,31,32). The van der Waals surface area contributed by atoms with Gasteiger partial charge in [0.1, 0.15) is 11.2 Å². The Labute approximate surface area is 219 Å². The molecule has 3 rings (SSSR count). The SMILES string of the molecule is CC(C)(C)OC(=O)C(C(=O)OC(C)(C)C)(C(N)c1cnc(Cc2ccccc2)s1)C1(C(=O)O)CC(=O)N1. The second-order valence-corrected chi connectivity index (χ2v) is 12.2. The second kappa shape index (κ2) is 9.86. The third-order valence-electron chi connectivity index (χ3n) is 5.80. The Balaban J connectivity index is 2.20. The van der Waals surface area contributed by atoms with Crippen molar-refractivity contribution >= 4 is 35.2 Å². The average molecular weight is 532 g/mol. The van der Waals surface area contributed by atoms with Crippen LogP contribution in [0.25, 0.3) is 0 Å². The Kier molecular flexibility index (Phi) is 7.54. The number of nitrogens with one attached hydrogen (secondary N) is 1. The van der Waals surface area contributed by atoms with E-state index in [-0.39, 0.29) is 4.88 Å². The molecule has 1 fully saturated rings. The van der Waals surface area contributed by atoms with Gasteiger partial charge in [0.2, 0.25) is 11.3 Å². The first-order valence-electron chi connectivity index (χ1n) is 11.8. The van der Waals surface area contributed by atoms with Crippen molar-refractivity contribution in [3.05, 3.63) is 52.0 Å². The number of esters is 2. The van der Waals surface area contributed by atoms with Gasteiger partial charge in [-0.05, 0) is 47.1 Å². The molecule has 2 aromatic rings. The summed E-state index contributed by atoms with van der Waals surface area (Å²) >= 11 is 1.14. The van der Waals surface area contributed by atoms with E-state index in [9.17, 15) is 24.3 Å². The highest BCUT2D eigenvalue weighted by atomic mass is 32.1. The van der Waals surface area contributed by atoms with Crippen LogP contribution >= 0.6 is 11.3 Å². The van der Waals surface area contributed by atoms with Crippen LogP contribution in [0.5, 0.6) is 0 Å². The largest absolute Gasteiger partial charge is 0.479 e. The summed E-state index contributed by atoms with van der Waals surface area (Å²) in [6, 6.07) is 7.96. The maximum atomic E-state index is 13.9. The predicted molar refractivity (Wildman–Crippen MR) is 136 cm³/mol. The number of hydrogen-bond donors (Lipinski definition) is 3. The van der Waals surface area contributed by atoms with Gasteiger partial charge >= 0.3 is 17.9 Å². The monoisotopic (exact) mass is 531 g/mol. The van der Waals surface area contributed by atoms with Gasteiger partial charge in [0.15, 0.2) is 5.54 Å². The molecule has 4 N–H and O–H groups in total. The van der Waals surface area contributed by atoms with Gasteiger partial charge in [-0.1, -0.05) is 30.3 Å². The zero-order valence-corrected chi connectivity index (χ0v) is 22.6. The molecule has 0 spiro atoms. The highest BCUT2D eigenvalue weighted by Gasteiger charge is 2.76. The molecule has 1 saturated heterocycles. The van der Waals surface area contributed by atoms with Gasteiger partial charge in [0, 0.05) is 17.5 Å². The van der Waals surface area contributed by atoms with Gasteiger partial charge in [0.25, 0.3) is 0 Å². The van der Waals surface area contributed by atoms with Crippen LogP contribution in [0, 0.1) is 5.41 Å². The number of rotatable bonds is 8. The van der Waals surface area contributed by atoms with E-state index >= 15 is 0 Å². The van der Waals surface area contributed by atoms with Crippen molar-refractivity contribution < 1.29 is 33.8 Å². The molecular weight excluding hydrogens is 498 g/mol. The minimum absolute atomic E-state index is 0.268. The lowest BCUT2D eigenvalue weighted by Gasteiger charge is -2.51. The molecule has 2 unspecified atom stereocenters. The number of amides is 1. The Bertz CT molecular complexity index is 1160. The molecule has 2 heterocycles. The molecule has 1 aliphatic rings. The van der Waals surface area contributed by atoms with Gasteiger partial charge in [-0.15, -0.1) is 11.3 Å². The van der Waals surface area contributed by atoms with Gasteiger partial charge in [0.05, 0.1) is 17.5 Å². The molecule has 1 aromatic heterocycles. The number of aliphatic carboxylic acids is 1. The lowest BCUT2D eigenvalue weighted by Crippen LogP contribution is -2.80. The number of nitrogens with zero attached hydrogens (tertiary/aromatic N) is 1. The molecule has 0 saturated carbocycles. The highest BCUT2D eigenvalue weighted by Crippen LogP contribution is 2.51. The molecule has 1 aliphatic heterocycles. The number of carboxylic acid groups (broad SMARTS) is 1. The molecular formula is C26H33N3O7S. The molecule has 37 heavy (non-hydrogen) atoms. The summed E-state index contributed by atoms with van der Waals surface area (Å²) < 4.78 is 11.2. The number of carbonyl (C=O) groups is 4. The summed E-state index contributed by atoms with van der Waals surface area (Å²) in [6.07, 6.45) is 1.21. The summed E-state index contributed by atoms with van der Waals surface area (Å²) in [7, 11) is 0. The van der Waals surface area contributed by atoms with Crippen LogP contribution in [0.15, 0.2) is 36.5 Å². The highest BCUT2D eigenvalue weighted by molar-refractivity contribution is 7.11. The van der Waals surface area contributed by atoms with Crippen LogP contribution in [0.2, 0.25) is 0 Å². The number of thiazole rings is 1. The topological polar surface area (TPSA) is 158 Å². The minimum atomic E-state index is -2.65. The number of aromatic nitrogens is 1. The molecule has 0 aliphatic carbocycles. The third kappa shape index (κ3) is 5.52. The van der Waals surface area contributed by atoms with E-state index in [2.05, 4.69) is 10.3 Å². The first-order chi connectivity index (χ1) is 17.0. The minimum Gasteiger partial charge on any atom is -0.479 e. The lowest BCUT2D eigenvalue weighted by atomic mass is 9.59. The molecule has 0 bridgehead atoms. The van der Waals surface area contributed by atoms with E-state index in [1.807, 2.05) is 30.3 Å². The maximum Gasteiger partial charge on any atom is 0.331 e. The summed E-state index contributed by atoms with van der Waals surface area (Å²) in [4.78, 5) is 57.4. The molecule has 0 radical (unpaired) electrons. The van der Waals surface area contributed by atoms with Crippen LogP contribution in [0.1, 0.15) is 69.5 Å². The zero-order valence-electron chi connectivity index (χ0n) is 21.8. The van der Waals surface area contributed by atoms with Crippen LogP contribution in [0.3, 0.4) is 0 Å². The Morgan fingerprint density at radius 2 is 1.59 bits per heavy atom. The van der Waals surface area contributed by atoms with Gasteiger partial charge in [-0.3, -0.25) is 14.4 Å². The van der Waals surface area contributed by atoms with E-state index in [0.29, 0.717) is 11.4 Å². The Hall–Kier alpha value is -3.31. The number of β-lactam (4-membered cyclic amide) rings is 1. The number of carbonyl (C=O) groups excluding carboxylic acids is 3. The fourth-order valence-electron chi connectivity index (χ4n) is 4.20. The van der Waals surface area contributed by atoms with Gasteiger partial charge in [-0.2, -0.15) is 0 Å². The van der Waals surface area contributed by atoms with Crippen molar-refractivity contribution in [1.82, 2.24) is 10.3 Å². The first kappa shape index (κ1) is 28.3. The molecule has 1 amide bonds. The zero-order chi connectivity index (χ0) is 27.8. The average Bonchev–Trinajstić information content (AvgIpc) is 3.18. The predicted octanol–water partition coefficient (Wildman–Crippen LogP) is 2.75. The number of ether oxygens (including phenoxy) is 2. The second-order valence-electron chi connectivity index (χ2n) is 11.0. The number of benzene rings is 1. The van der Waals surface area contributed by atoms with Gasteiger partial charge < -0.3 is 25.6 Å².